The number of nitrogens with one attached hydrogen (secondary N) is 1. The lowest BCUT2D eigenvalue weighted by atomic mass is 10.1. The van der Waals surface area contributed by atoms with Crippen LogP contribution in [-0.4, -0.2) is 30.0 Å². The molecular weight excluding hydrogens is 216 g/mol. The van der Waals surface area contributed by atoms with Crippen molar-refractivity contribution in [2.45, 2.75) is 25.9 Å². The topological polar surface area (TPSA) is 71.2 Å². The van der Waals surface area contributed by atoms with Crippen LogP contribution in [0.15, 0.2) is 18.3 Å². The molecule has 1 aromatic heterocycles. The van der Waals surface area contributed by atoms with Gasteiger partial charge >= 0.3 is 0 Å². The Bertz CT molecular complexity index is 419. The minimum atomic E-state index is -0.181. The third kappa shape index (κ3) is 2.39. The molecule has 1 saturated heterocycles. The van der Waals surface area contributed by atoms with E-state index in [0.717, 1.165) is 17.9 Å². The highest BCUT2D eigenvalue weighted by atomic mass is 16.2. The monoisotopic (exact) mass is 234 g/mol. The van der Waals surface area contributed by atoms with Crippen molar-refractivity contribution in [1.29, 1.82) is 0 Å². The van der Waals surface area contributed by atoms with Gasteiger partial charge in [0.05, 0.1) is 0 Å². The molecule has 2 atom stereocenters. The average molecular weight is 234 g/mol. The summed E-state index contributed by atoms with van der Waals surface area (Å²) >= 11 is 0. The molecule has 0 spiro atoms. The second-order valence-electron chi connectivity index (χ2n) is 4.40. The van der Waals surface area contributed by atoms with Crippen molar-refractivity contribution in [2.75, 3.05) is 18.0 Å². The van der Waals surface area contributed by atoms with E-state index in [1.807, 2.05) is 30.9 Å². The number of nitrogens with zero attached hydrogens (tertiary/aromatic N) is 2. The second kappa shape index (κ2) is 4.71. The Hall–Kier alpha value is -1.62. The fourth-order valence-corrected chi connectivity index (χ4v) is 1.97. The SMILES string of the molecule is CC1C(=O)NCCN1c1cc([C@@H](C)N)ccn1. The number of carbonyl (C=O) groups excluding carboxylic acids is 1. The fourth-order valence-electron chi connectivity index (χ4n) is 1.97. The van der Waals surface area contributed by atoms with Gasteiger partial charge in [0, 0.05) is 25.3 Å². The number of amides is 1. The average Bonchev–Trinajstić information content (AvgIpc) is 2.33. The first kappa shape index (κ1) is 11.9. The van der Waals surface area contributed by atoms with Crippen molar-refractivity contribution >= 4 is 11.7 Å². The fraction of sp³-hybridized carbons (Fsp3) is 0.500. The minimum absolute atomic E-state index is 0.0225. The minimum Gasteiger partial charge on any atom is -0.353 e. The van der Waals surface area contributed by atoms with Crippen LogP contribution in [0.4, 0.5) is 5.82 Å². The summed E-state index contributed by atoms with van der Waals surface area (Å²) in [6.45, 7) is 5.26. The summed E-state index contributed by atoms with van der Waals surface area (Å²) in [5.41, 5.74) is 6.88. The van der Waals surface area contributed by atoms with E-state index in [1.165, 1.54) is 0 Å². The number of aromatic nitrogens is 1. The molecule has 0 radical (unpaired) electrons. The van der Waals surface area contributed by atoms with Crippen molar-refractivity contribution in [3.63, 3.8) is 0 Å². The van der Waals surface area contributed by atoms with E-state index in [2.05, 4.69) is 10.3 Å². The Balaban J connectivity index is 2.26. The van der Waals surface area contributed by atoms with Gasteiger partial charge in [0.2, 0.25) is 5.91 Å². The number of hydrogen-bond acceptors (Lipinski definition) is 4. The highest BCUT2D eigenvalue weighted by Crippen LogP contribution is 2.19. The van der Waals surface area contributed by atoms with E-state index < -0.39 is 0 Å². The first-order valence-electron chi connectivity index (χ1n) is 5.85. The molecule has 1 unspecified atom stereocenters. The number of hydrogen-bond donors (Lipinski definition) is 2. The third-order valence-corrected chi connectivity index (χ3v) is 3.09. The van der Waals surface area contributed by atoms with Crippen molar-refractivity contribution in [1.82, 2.24) is 10.3 Å². The summed E-state index contributed by atoms with van der Waals surface area (Å²) in [6.07, 6.45) is 1.74. The molecule has 1 fully saturated rings. The lowest BCUT2D eigenvalue weighted by molar-refractivity contribution is -0.122. The van der Waals surface area contributed by atoms with Crippen LogP contribution in [0.5, 0.6) is 0 Å². The van der Waals surface area contributed by atoms with Gasteiger partial charge in [0.15, 0.2) is 0 Å². The zero-order valence-electron chi connectivity index (χ0n) is 10.2. The number of carbonyl (C=O) groups is 1. The van der Waals surface area contributed by atoms with E-state index in [-0.39, 0.29) is 18.0 Å². The van der Waals surface area contributed by atoms with Crippen LogP contribution in [0.25, 0.3) is 0 Å². The standard InChI is InChI=1S/C12H18N4O/c1-8(13)10-3-4-14-11(7-10)16-6-5-15-12(17)9(16)2/h3-4,7-9H,5-6,13H2,1-2H3,(H,15,17)/t8-,9?/m1/s1. The smallest absolute Gasteiger partial charge is 0.242 e. The molecule has 3 N–H and O–H groups in total. The molecule has 1 aliphatic rings. The van der Waals surface area contributed by atoms with E-state index in [9.17, 15) is 4.79 Å². The van der Waals surface area contributed by atoms with E-state index in [0.29, 0.717) is 6.54 Å². The van der Waals surface area contributed by atoms with Crippen LogP contribution in [0.1, 0.15) is 25.5 Å². The van der Waals surface area contributed by atoms with Gasteiger partial charge in [-0.1, -0.05) is 0 Å². The van der Waals surface area contributed by atoms with Gasteiger partial charge in [0.25, 0.3) is 0 Å². The van der Waals surface area contributed by atoms with Crippen LogP contribution in [0, 0.1) is 0 Å². The summed E-state index contributed by atoms with van der Waals surface area (Å²) in [6, 6.07) is 3.66. The summed E-state index contributed by atoms with van der Waals surface area (Å²) < 4.78 is 0. The maximum atomic E-state index is 11.6. The summed E-state index contributed by atoms with van der Waals surface area (Å²) in [4.78, 5) is 17.9. The molecule has 0 aromatic carbocycles. The molecule has 5 heteroatoms. The van der Waals surface area contributed by atoms with E-state index in [1.54, 1.807) is 6.20 Å². The highest BCUT2D eigenvalue weighted by Gasteiger charge is 2.26. The lowest BCUT2D eigenvalue weighted by Gasteiger charge is -2.34. The predicted octanol–water partition coefficient (Wildman–Crippen LogP) is 0.426. The van der Waals surface area contributed by atoms with Crippen molar-refractivity contribution in [2.24, 2.45) is 5.73 Å². The zero-order valence-corrected chi connectivity index (χ0v) is 10.2. The highest BCUT2D eigenvalue weighted by molar-refractivity contribution is 5.85. The number of piperazine rings is 1. The van der Waals surface area contributed by atoms with Gasteiger partial charge in [0.1, 0.15) is 11.9 Å². The largest absolute Gasteiger partial charge is 0.353 e. The van der Waals surface area contributed by atoms with Gasteiger partial charge in [-0.15, -0.1) is 0 Å². The number of rotatable bonds is 2. The number of nitrogens with two attached hydrogens (primary N) is 1. The first-order valence-corrected chi connectivity index (χ1v) is 5.85. The molecule has 2 heterocycles. The van der Waals surface area contributed by atoms with Crippen LogP contribution in [0.2, 0.25) is 0 Å². The van der Waals surface area contributed by atoms with E-state index >= 15 is 0 Å². The Morgan fingerprint density at radius 1 is 1.65 bits per heavy atom. The van der Waals surface area contributed by atoms with Crippen molar-refractivity contribution < 1.29 is 4.79 Å². The van der Waals surface area contributed by atoms with Gasteiger partial charge in [-0.2, -0.15) is 0 Å². The van der Waals surface area contributed by atoms with Crippen LogP contribution in [0.3, 0.4) is 0 Å². The molecule has 17 heavy (non-hydrogen) atoms. The van der Waals surface area contributed by atoms with E-state index in [4.69, 9.17) is 5.73 Å². The first-order chi connectivity index (χ1) is 8.09. The predicted molar refractivity (Wildman–Crippen MR) is 66.7 cm³/mol. The molecule has 0 bridgehead atoms. The summed E-state index contributed by atoms with van der Waals surface area (Å²) in [7, 11) is 0. The molecule has 1 aliphatic heterocycles. The Morgan fingerprint density at radius 3 is 3.12 bits per heavy atom. The lowest BCUT2D eigenvalue weighted by Crippen LogP contribution is -2.54. The van der Waals surface area contributed by atoms with Crippen molar-refractivity contribution in [3.05, 3.63) is 23.9 Å². The molecule has 1 aromatic rings. The molecule has 2 rings (SSSR count). The Morgan fingerprint density at radius 2 is 2.41 bits per heavy atom. The normalized spacial score (nSPS) is 22.2. The van der Waals surface area contributed by atoms with Crippen molar-refractivity contribution in [3.8, 4) is 0 Å². The molecular formula is C12H18N4O. The maximum Gasteiger partial charge on any atom is 0.242 e. The molecule has 92 valence electrons. The van der Waals surface area contributed by atoms with Crippen LogP contribution < -0.4 is 16.0 Å². The number of pyridine rings is 1. The van der Waals surface area contributed by atoms with Crippen LogP contribution in [-0.2, 0) is 4.79 Å². The van der Waals surface area contributed by atoms with Gasteiger partial charge in [-0.05, 0) is 31.5 Å². The molecule has 0 aliphatic carbocycles. The van der Waals surface area contributed by atoms with Gasteiger partial charge < -0.3 is 16.0 Å². The zero-order chi connectivity index (χ0) is 12.4. The molecule has 1 amide bonds. The summed E-state index contributed by atoms with van der Waals surface area (Å²) in [5.74, 6) is 0.867. The maximum absolute atomic E-state index is 11.6. The Kier molecular flexibility index (Phi) is 3.28. The second-order valence-corrected chi connectivity index (χ2v) is 4.40. The van der Waals surface area contributed by atoms with Gasteiger partial charge in [-0.25, -0.2) is 4.98 Å². The molecule has 5 nitrogen and oxygen atoms in total. The number of anilines is 1. The Labute approximate surface area is 101 Å². The quantitative estimate of drug-likeness (QED) is 0.778. The molecule has 0 saturated carbocycles. The van der Waals surface area contributed by atoms with Gasteiger partial charge in [-0.3, -0.25) is 4.79 Å². The third-order valence-electron chi connectivity index (χ3n) is 3.09. The summed E-state index contributed by atoms with van der Waals surface area (Å²) in [5, 5.41) is 2.84. The van der Waals surface area contributed by atoms with Crippen LogP contribution >= 0.6 is 0 Å².